The predicted octanol–water partition coefficient (Wildman–Crippen LogP) is 1.64. The Bertz CT molecular complexity index is 1010. The van der Waals surface area contributed by atoms with E-state index in [1.165, 1.54) is 38.6 Å². The fraction of sp³-hybridized carbons (Fsp3) is 0.320. The van der Waals surface area contributed by atoms with Crippen molar-refractivity contribution < 1.29 is 52.6 Å². The van der Waals surface area contributed by atoms with Crippen LogP contribution in [-0.2, 0) is 23.3 Å². The molecule has 0 N–H and O–H groups in total. The van der Waals surface area contributed by atoms with Gasteiger partial charge >= 0.3 is 41.9 Å². The summed E-state index contributed by atoms with van der Waals surface area (Å²) < 4.78 is 5.44. The van der Waals surface area contributed by atoms with Crippen LogP contribution in [0.15, 0.2) is 69.9 Å². The van der Waals surface area contributed by atoms with Crippen molar-refractivity contribution in [2.45, 2.75) is 47.7 Å². The first-order valence-electron chi connectivity index (χ1n) is 9.70. The van der Waals surface area contributed by atoms with Crippen LogP contribution in [0.1, 0.15) is 33.3 Å². The molecule has 0 fully saturated rings. The number of hydrogen-bond donors (Lipinski definition) is 0. The van der Waals surface area contributed by atoms with Crippen molar-refractivity contribution in [3.63, 3.8) is 0 Å². The Labute approximate surface area is 209 Å². The summed E-state index contributed by atoms with van der Waals surface area (Å²) in [6, 6.07) is 14.6. The maximum Gasteiger partial charge on any atom is 0.124 e. The molecule has 0 aliphatic heterocycles. The molecule has 1 aliphatic rings. The van der Waals surface area contributed by atoms with Gasteiger partial charge < -0.3 is 29.2 Å². The van der Waals surface area contributed by atoms with Gasteiger partial charge in [0.25, 0.3) is 0 Å². The van der Waals surface area contributed by atoms with Crippen LogP contribution < -0.4 is 24.8 Å². The van der Waals surface area contributed by atoms with Crippen LogP contribution in [0.5, 0.6) is 0 Å². The standard InChI is InChI=1S/C14H11O.C9H13.C2H6Si.2ClH.Zr/c1-10-8-11-4-2-5-12(13(11)9-10)14-6-3-7-15-14;1-6-5-7(2)9(4)8(6)3;1-3-2;;;/h2-9H,1H3;6H,1-4H3;1-2H3;2*1H;/q2*-1;;;;+2/p-2. The Hall–Kier alpha value is -0.730. The van der Waals surface area contributed by atoms with Gasteiger partial charge in [-0.1, -0.05) is 39.7 Å². The second-order valence-electron chi connectivity index (χ2n) is 7.62. The topological polar surface area (TPSA) is 13.1 Å². The maximum absolute atomic E-state index is 5.44. The van der Waals surface area contributed by atoms with Gasteiger partial charge in [0.15, 0.2) is 0 Å². The third-order valence-electron chi connectivity index (χ3n) is 4.92. The monoisotopic (exact) mass is 534 g/mol. The van der Waals surface area contributed by atoms with E-state index < -0.39 is 0 Å². The number of fused-ring (bicyclic) bond motifs is 1. The van der Waals surface area contributed by atoms with E-state index in [0.29, 0.717) is 5.92 Å². The number of hydrogen-bond acceptors (Lipinski definition) is 1. The van der Waals surface area contributed by atoms with E-state index in [1.54, 1.807) is 29.6 Å². The molecule has 0 saturated carbocycles. The maximum atomic E-state index is 5.44. The molecule has 2 aromatic carbocycles. The van der Waals surface area contributed by atoms with E-state index in [0.717, 1.165) is 5.76 Å². The zero-order valence-corrected chi connectivity index (χ0v) is 23.8. The average Bonchev–Trinajstić information content (AvgIpc) is 3.32. The first-order chi connectivity index (χ1) is 13.2. The average molecular weight is 537 g/mol. The number of benzene rings is 1. The third kappa shape index (κ3) is 8.08. The van der Waals surface area contributed by atoms with E-state index in [9.17, 15) is 0 Å². The molecular weight excluding hydrogens is 506 g/mol. The molecule has 4 rings (SSSR count). The number of rotatable bonds is 1. The van der Waals surface area contributed by atoms with Gasteiger partial charge in [-0.05, 0) is 17.7 Å². The van der Waals surface area contributed by atoms with Gasteiger partial charge in [-0.15, -0.1) is 41.5 Å². The number of aryl methyl sites for hydroxylation is 1. The van der Waals surface area contributed by atoms with Crippen LogP contribution in [0, 0.1) is 18.9 Å². The SMILES string of the molecule is CC1=[C-]C(C)C(C)=C1C.C[Si](C)=[Zr+2].Cc1cc2c(-c3ccco3)cccc2[cH-]1.[Cl-].[Cl-]. The Morgan fingerprint density at radius 1 is 1.03 bits per heavy atom. The molecule has 0 radical (unpaired) electrons. The molecule has 1 heterocycles. The van der Waals surface area contributed by atoms with Gasteiger partial charge in [-0.3, -0.25) is 6.08 Å². The minimum atomic E-state index is 0. The zero-order valence-electron chi connectivity index (χ0n) is 18.9. The minimum absolute atomic E-state index is 0. The number of furan rings is 1. The van der Waals surface area contributed by atoms with Crippen LogP contribution in [0.3, 0.4) is 0 Å². The van der Waals surface area contributed by atoms with Gasteiger partial charge in [0.1, 0.15) is 5.76 Å². The molecule has 1 nitrogen and oxygen atoms in total. The fourth-order valence-corrected chi connectivity index (χ4v) is 3.19. The molecule has 1 aliphatic carbocycles. The van der Waals surface area contributed by atoms with Crippen molar-refractivity contribution in [1.82, 2.24) is 0 Å². The molecule has 160 valence electrons. The van der Waals surface area contributed by atoms with Crippen molar-refractivity contribution >= 4 is 16.2 Å². The molecule has 0 amide bonds. The summed E-state index contributed by atoms with van der Waals surface area (Å²) in [5.41, 5.74) is 6.92. The summed E-state index contributed by atoms with van der Waals surface area (Å²) in [5.74, 6) is 1.50. The molecule has 3 aromatic rings. The Morgan fingerprint density at radius 2 is 1.67 bits per heavy atom. The van der Waals surface area contributed by atoms with Crippen LogP contribution in [0.25, 0.3) is 22.1 Å². The molecule has 0 spiro atoms. The zero-order chi connectivity index (χ0) is 20.8. The van der Waals surface area contributed by atoms with Crippen LogP contribution >= 0.6 is 0 Å². The van der Waals surface area contributed by atoms with Crippen molar-refractivity contribution in [3.05, 3.63) is 77.1 Å². The summed E-state index contributed by atoms with van der Waals surface area (Å²) in [6.07, 6.45) is 5.07. The van der Waals surface area contributed by atoms with Gasteiger partial charge in [0.05, 0.1) is 6.26 Å². The first kappa shape index (κ1) is 29.3. The van der Waals surface area contributed by atoms with Gasteiger partial charge in [-0.2, -0.15) is 17.2 Å². The summed E-state index contributed by atoms with van der Waals surface area (Å²) in [6.45, 7) is 15.4. The second-order valence-corrected chi connectivity index (χ2v) is 17.0. The molecule has 1 aromatic heterocycles. The van der Waals surface area contributed by atoms with Crippen molar-refractivity contribution in [2.24, 2.45) is 5.92 Å². The van der Waals surface area contributed by atoms with Gasteiger partial charge in [-0.25, -0.2) is 5.57 Å². The van der Waals surface area contributed by atoms with Crippen LogP contribution in [-0.4, -0.2) is 5.43 Å². The molecular formula is C25H30Cl2OSiZr-2. The summed E-state index contributed by atoms with van der Waals surface area (Å²) >= 11 is 1.74. The van der Waals surface area contributed by atoms with Gasteiger partial charge in [0, 0.05) is 0 Å². The van der Waals surface area contributed by atoms with E-state index in [1.807, 2.05) is 12.1 Å². The molecule has 0 bridgehead atoms. The van der Waals surface area contributed by atoms with E-state index in [-0.39, 0.29) is 30.2 Å². The third-order valence-corrected chi connectivity index (χ3v) is 4.92. The quantitative estimate of drug-likeness (QED) is 0.341. The minimum Gasteiger partial charge on any atom is -1.00 e. The smallest absolute Gasteiger partial charge is 0.124 e. The van der Waals surface area contributed by atoms with Crippen molar-refractivity contribution in [1.29, 1.82) is 0 Å². The predicted molar refractivity (Wildman–Crippen MR) is 119 cm³/mol. The first-order valence-corrected chi connectivity index (χ1v) is 15.9. The van der Waals surface area contributed by atoms with Crippen LogP contribution in [0.4, 0.5) is 0 Å². The van der Waals surface area contributed by atoms with Crippen molar-refractivity contribution in [2.75, 3.05) is 0 Å². The largest absolute Gasteiger partial charge is 1.00 e. The summed E-state index contributed by atoms with van der Waals surface area (Å²) in [5, 5.41) is 2.55. The normalized spacial score (nSPS) is 14.6. The fourth-order valence-electron chi connectivity index (χ4n) is 3.19. The van der Waals surface area contributed by atoms with Crippen molar-refractivity contribution in [3.8, 4) is 11.3 Å². The Morgan fingerprint density at radius 3 is 2.10 bits per heavy atom. The second kappa shape index (κ2) is 13.6. The summed E-state index contributed by atoms with van der Waals surface area (Å²) in [4.78, 5) is 0. The Balaban J connectivity index is 0.000000486. The molecule has 1 unspecified atom stereocenters. The molecule has 30 heavy (non-hydrogen) atoms. The van der Waals surface area contributed by atoms with E-state index in [2.05, 4.69) is 84.1 Å². The number of allylic oxidation sites excluding steroid dienone is 4. The molecule has 0 saturated heterocycles. The van der Waals surface area contributed by atoms with Crippen LogP contribution in [0.2, 0.25) is 13.1 Å². The molecule has 5 heteroatoms. The van der Waals surface area contributed by atoms with E-state index >= 15 is 0 Å². The summed E-state index contributed by atoms with van der Waals surface area (Å²) in [7, 11) is 0. The molecule has 1 atom stereocenters. The van der Waals surface area contributed by atoms with E-state index in [4.69, 9.17) is 4.42 Å². The van der Waals surface area contributed by atoms with Gasteiger partial charge in [0.2, 0.25) is 0 Å². The Kier molecular flexibility index (Phi) is 13.3. The number of halogens is 2.